The second-order valence-electron chi connectivity index (χ2n) is 5.84. The van der Waals surface area contributed by atoms with E-state index in [1.54, 1.807) is 41.6 Å². The van der Waals surface area contributed by atoms with Gasteiger partial charge in [-0.2, -0.15) is 0 Å². The van der Waals surface area contributed by atoms with Gasteiger partial charge in [-0.3, -0.25) is 14.6 Å². The van der Waals surface area contributed by atoms with Crippen LogP contribution in [-0.4, -0.2) is 23.3 Å². The van der Waals surface area contributed by atoms with Crippen molar-refractivity contribution in [2.45, 2.75) is 6.42 Å². The van der Waals surface area contributed by atoms with E-state index in [1.165, 1.54) is 0 Å². The molecule has 2 amide bonds. The summed E-state index contributed by atoms with van der Waals surface area (Å²) >= 11 is 3.18. The zero-order valence-corrected chi connectivity index (χ0v) is 15.2. The third-order valence-electron chi connectivity index (χ3n) is 4.21. The number of nitrogens with one attached hydrogen (secondary N) is 1. The summed E-state index contributed by atoms with van der Waals surface area (Å²) in [6.45, 7) is 0.610. The van der Waals surface area contributed by atoms with E-state index in [4.69, 9.17) is 4.42 Å². The molecule has 0 spiro atoms. The number of hydrogen-bond donors (Lipinski definition) is 1. The Morgan fingerprint density at radius 1 is 1.12 bits per heavy atom. The molecule has 0 bridgehead atoms. The van der Waals surface area contributed by atoms with E-state index in [2.05, 4.69) is 26.2 Å². The molecule has 0 aliphatic carbocycles. The highest BCUT2D eigenvalue weighted by Crippen LogP contribution is 2.32. The molecule has 0 radical (unpaired) electrons. The van der Waals surface area contributed by atoms with Gasteiger partial charge in [0.25, 0.3) is 11.8 Å². The minimum atomic E-state index is -0.347. The Morgan fingerprint density at radius 2 is 1.92 bits per heavy atom. The van der Waals surface area contributed by atoms with E-state index >= 15 is 0 Å². The molecule has 4 rings (SSSR count). The number of furan rings is 1. The van der Waals surface area contributed by atoms with E-state index in [1.807, 2.05) is 18.2 Å². The van der Waals surface area contributed by atoms with Gasteiger partial charge in [0.1, 0.15) is 0 Å². The molecular weight excluding hydrogens is 398 g/mol. The Balaban J connectivity index is 1.58. The number of pyridine rings is 1. The van der Waals surface area contributed by atoms with Gasteiger partial charge < -0.3 is 14.6 Å². The lowest BCUT2D eigenvalue weighted by molar-refractivity contribution is 0.0985. The van der Waals surface area contributed by atoms with Crippen molar-refractivity contribution >= 4 is 39.1 Å². The summed E-state index contributed by atoms with van der Waals surface area (Å²) in [4.78, 5) is 30.7. The summed E-state index contributed by atoms with van der Waals surface area (Å²) in [7, 11) is 0. The monoisotopic (exact) mass is 411 g/mol. The smallest absolute Gasteiger partial charge is 0.291 e. The third-order valence-corrected chi connectivity index (χ3v) is 4.63. The number of anilines is 2. The lowest BCUT2D eigenvalue weighted by Crippen LogP contribution is -2.28. The molecule has 1 N–H and O–H groups in total. The van der Waals surface area contributed by atoms with Gasteiger partial charge in [-0.05, 0) is 64.3 Å². The number of rotatable bonds is 3. The molecule has 0 fully saturated rings. The lowest BCUT2D eigenvalue weighted by atomic mass is 10.1. The van der Waals surface area contributed by atoms with Crippen molar-refractivity contribution < 1.29 is 14.0 Å². The maximum Gasteiger partial charge on any atom is 0.291 e. The van der Waals surface area contributed by atoms with Crippen LogP contribution in [0.2, 0.25) is 0 Å². The van der Waals surface area contributed by atoms with Crippen LogP contribution >= 0.6 is 15.9 Å². The van der Waals surface area contributed by atoms with Crippen LogP contribution < -0.4 is 10.2 Å². The van der Waals surface area contributed by atoms with Crippen molar-refractivity contribution in [1.82, 2.24) is 4.98 Å². The number of nitrogens with zero attached hydrogens (tertiary/aromatic N) is 2. The summed E-state index contributed by atoms with van der Waals surface area (Å²) in [5.74, 6) is -0.215. The minimum Gasteiger partial charge on any atom is -0.444 e. The maximum absolute atomic E-state index is 12.8. The number of amides is 2. The summed E-state index contributed by atoms with van der Waals surface area (Å²) in [6, 6.07) is 12.2. The largest absolute Gasteiger partial charge is 0.444 e. The normalized spacial score (nSPS) is 12.7. The molecule has 1 aliphatic heterocycles. The standard InChI is InChI=1S/C19H14BrN3O3/c20-17-4-3-16(26-17)18(24)22-14-2-1-12-7-10-23(15(12)11-14)19(25)13-5-8-21-9-6-13/h1-6,8-9,11H,7,10H2,(H,22,24). The summed E-state index contributed by atoms with van der Waals surface area (Å²) in [5, 5.41) is 2.80. The highest BCUT2D eigenvalue weighted by molar-refractivity contribution is 9.10. The van der Waals surface area contributed by atoms with Crippen molar-refractivity contribution in [2.75, 3.05) is 16.8 Å². The quantitative estimate of drug-likeness (QED) is 0.708. The average Bonchev–Trinajstić information content (AvgIpc) is 3.28. The Morgan fingerprint density at radius 3 is 2.65 bits per heavy atom. The highest BCUT2D eigenvalue weighted by Gasteiger charge is 2.26. The van der Waals surface area contributed by atoms with Gasteiger partial charge in [-0.1, -0.05) is 6.07 Å². The van der Waals surface area contributed by atoms with Crippen LogP contribution in [0.5, 0.6) is 0 Å². The summed E-state index contributed by atoms with van der Waals surface area (Å²) < 4.78 is 5.75. The third kappa shape index (κ3) is 3.13. The van der Waals surface area contributed by atoms with Gasteiger partial charge in [0.05, 0.1) is 0 Å². The zero-order chi connectivity index (χ0) is 18.1. The van der Waals surface area contributed by atoms with Crippen molar-refractivity contribution in [3.8, 4) is 0 Å². The van der Waals surface area contributed by atoms with Gasteiger partial charge in [0.15, 0.2) is 10.4 Å². The van der Waals surface area contributed by atoms with E-state index < -0.39 is 0 Å². The molecule has 6 nitrogen and oxygen atoms in total. The molecule has 0 saturated heterocycles. The van der Waals surface area contributed by atoms with Crippen LogP contribution in [0.4, 0.5) is 11.4 Å². The predicted molar refractivity (Wildman–Crippen MR) is 100 cm³/mol. The molecule has 130 valence electrons. The van der Waals surface area contributed by atoms with Crippen LogP contribution in [0, 0.1) is 0 Å². The molecule has 26 heavy (non-hydrogen) atoms. The Bertz CT molecular complexity index is 985. The summed E-state index contributed by atoms with van der Waals surface area (Å²) in [5.41, 5.74) is 3.08. The fourth-order valence-electron chi connectivity index (χ4n) is 2.95. The second-order valence-corrected chi connectivity index (χ2v) is 6.63. The molecule has 3 aromatic rings. The van der Waals surface area contributed by atoms with Crippen LogP contribution in [-0.2, 0) is 6.42 Å². The number of hydrogen-bond acceptors (Lipinski definition) is 4. The molecule has 1 aliphatic rings. The first-order chi connectivity index (χ1) is 12.6. The van der Waals surface area contributed by atoms with Gasteiger partial charge >= 0.3 is 0 Å². The topological polar surface area (TPSA) is 75.4 Å². The van der Waals surface area contributed by atoms with Crippen LogP contribution in [0.1, 0.15) is 26.5 Å². The van der Waals surface area contributed by atoms with Crippen molar-refractivity contribution in [2.24, 2.45) is 0 Å². The Kier molecular flexibility index (Phi) is 4.30. The zero-order valence-electron chi connectivity index (χ0n) is 13.6. The molecule has 0 unspecified atom stereocenters. The number of carbonyl (C=O) groups is 2. The van der Waals surface area contributed by atoms with Gasteiger partial charge in [0, 0.05) is 35.9 Å². The molecule has 0 atom stereocenters. The average molecular weight is 412 g/mol. The molecule has 7 heteroatoms. The van der Waals surface area contributed by atoms with E-state index in [9.17, 15) is 9.59 Å². The Labute approximate surface area is 158 Å². The van der Waals surface area contributed by atoms with Crippen molar-refractivity contribution in [1.29, 1.82) is 0 Å². The number of halogens is 1. The summed E-state index contributed by atoms with van der Waals surface area (Å²) in [6.07, 6.45) is 3.98. The first kappa shape index (κ1) is 16.5. The van der Waals surface area contributed by atoms with Gasteiger partial charge in [-0.25, -0.2) is 0 Å². The Hall–Kier alpha value is -2.93. The van der Waals surface area contributed by atoms with Gasteiger partial charge in [-0.15, -0.1) is 0 Å². The predicted octanol–water partition coefficient (Wildman–Crippen LogP) is 3.89. The van der Waals surface area contributed by atoms with Crippen LogP contribution in [0.15, 0.2) is 63.9 Å². The maximum atomic E-state index is 12.8. The number of benzene rings is 1. The fourth-order valence-corrected chi connectivity index (χ4v) is 3.25. The molecular formula is C19H14BrN3O3. The van der Waals surface area contributed by atoms with Gasteiger partial charge in [0.2, 0.25) is 0 Å². The van der Waals surface area contributed by atoms with Crippen molar-refractivity contribution in [3.63, 3.8) is 0 Å². The molecule has 1 aromatic carbocycles. The molecule has 3 heterocycles. The molecule has 0 saturated carbocycles. The van der Waals surface area contributed by atoms with Crippen LogP contribution in [0.3, 0.4) is 0 Å². The number of carbonyl (C=O) groups excluding carboxylic acids is 2. The second kappa shape index (κ2) is 6.76. The number of fused-ring (bicyclic) bond motifs is 1. The van der Waals surface area contributed by atoms with E-state index in [0.717, 1.165) is 17.7 Å². The lowest BCUT2D eigenvalue weighted by Gasteiger charge is -2.18. The van der Waals surface area contributed by atoms with Crippen LogP contribution in [0.25, 0.3) is 0 Å². The first-order valence-corrected chi connectivity index (χ1v) is 8.82. The minimum absolute atomic E-state index is 0.0791. The first-order valence-electron chi connectivity index (χ1n) is 8.03. The SMILES string of the molecule is O=C(Nc1ccc2c(c1)N(C(=O)c1ccncc1)CC2)c1ccc(Br)o1. The van der Waals surface area contributed by atoms with E-state index in [0.29, 0.717) is 22.5 Å². The van der Waals surface area contributed by atoms with Crippen molar-refractivity contribution in [3.05, 3.63) is 76.4 Å². The highest BCUT2D eigenvalue weighted by atomic mass is 79.9. The fraction of sp³-hybridized carbons (Fsp3) is 0.105. The number of aromatic nitrogens is 1. The van der Waals surface area contributed by atoms with E-state index in [-0.39, 0.29) is 17.6 Å². The molecule has 2 aromatic heterocycles.